The average Bonchev–Trinajstić information content (AvgIpc) is 2.66. The molecule has 3 nitrogen and oxygen atoms in total. The van der Waals surface area contributed by atoms with E-state index in [1.807, 2.05) is 0 Å². The Labute approximate surface area is 117 Å². The first-order valence-corrected chi connectivity index (χ1v) is 6.65. The lowest BCUT2D eigenvalue weighted by molar-refractivity contribution is -0.274. The predicted molar refractivity (Wildman–Crippen MR) is 68.7 cm³/mol. The maximum Gasteiger partial charge on any atom is 0.573 e. The van der Waals surface area contributed by atoms with Gasteiger partial charge in [-0.25, -0.2) is 0 Å². The van der Waals surface area contributed by atoms with Gasteiger partial charge in [0.05, 0.1) is 4.47 Å². The van der Waals surface area contributed by atoms with Crippen molar-refractivity contribution in [3.8, 4) is 5.75 Å². The highest BCUT2D eigenvalue weighted by molar-refractivity contribution is 9.10. The van der Waals surface area contributed by atoms with Gasteiger partial charge in [-0.05, 0) is 40.0 Å². The van der Waals surface area contributed by atoms with Gasteiger partial charge in [0.15, 0.2) is 0 Å². The zero-order valence-corrected chi connectivity index (χ0v) is 11.7. The van der Waals surface area contributed by atoms with Gasteiger partial charge in [-0.15, -0.1) is 13.2 Å². The van der Waals surface area contributed by atoms with Gasteiger partial charge in [-0.1, -0.05) is 6.07 Å². The van der Waals surface area contributed by atoms with Gasteiger partial charge in [0.2, 0.25) is 0 Å². The molecule has 0 aromatic heterocycles. The number of nitrogens with zero attached hydrogens (tertiary/aromatic N) is 1. The molecular formula is C12H14BrF3N2O. The van der Waals surface area contributed by atoms with E-state index in [1.54, 1.807) is 12.1 Å². The first-order chi connectivity index (χ1) is 8.83. The van der Waals surface area contributed by atoms with Gasteiger partial charge >= 0.3 is 6.36 Å². The van der Waals surface area contributed by atoms with Gasteiger partial charge in [-0.3, -0.25) is 4.90 Å². The number of rotatable bonds is 3. The summed E-state index contributed by atoms with van der Waals surface area (Å²) in [5.74, 6) is -0.227. The third-order valence-electron chi connectivity index (χ3n) is 2.94. The second-order valence-electron chi connectivity index (χ2n) is 4.60. The largest absolute Gasteiger partial charge is 0.573 e. The molecule has 0 aliphatic carbocycles. The summed E-state index contributed by atoms with van der Waals surface area (Å²) < 4.78 is 40.6. The maximum atomic E-state index is 12.1. The van der Waals surface area contributed by atoms with E-state index in [9.17, 15) is 13.2 Å². The van der Waals surface area contributed by atoms with Crippen molar-refractivity contribution in [2.24, 2.45) is 5.73 Å². The lowest BCUT2D eigenvalue weighted by Gasteiger charge is -2.16. The Morgan fingerprint density at radius 3 is 2.68 bits per heavy atom. The van der Waals surface area contributed by atoms with Crippen molar-refractivity contribution in [3.05, 3.63) is 28.2 Å². The van der Waals surface area contributed by atoms with Crippen molar-refractivity contribution in [1.82, 2.24) is 4.90 Å². The van der Waals surface area contributed by atoms with Crippen LogP contribution in [0.5, 0.6) is 5.75 Å². The lowest BCUT2D eigenvalue weighted by atomic mass is 10.2. The fourth-order valence-electron chi connectivity index (χ4n) is 2.11. The van der Waals surface area contributed by atoms with Crippen LogP contribution >= 0.6 is 15.9 Å². The fourth-order valence-corrected chi connectivity index (χ4v) is 2.62. The molecule has 106 valence electrons. The third kappa shape index (κ3) is 4.36. The summed E-state index contributed by atoms with van der Waals surface area (Å²) in [6.07, 6.45) is -3.72. The second-order valence-corrected chi connectivity index (χ2v) is 5.45. The number of ether oxygens (including phenoxy) is 1. The molecule has 1 aromatic carbocycles. The van der Waals surface area contributed by atoms with Crippen LogP contribution in [0.4, 0.5) is 13.2 Å². The second kappa shape index (κ2) is 5.68. The molecule has 0 spiro atoms. The summed E-state index contributed by atoms with van der Waals surface area (Å²) in [4.78, 5) is 2.18. The molecule has 0 saturated carbocycles. The molecule has 1 aliphatic heterocycles. The number of nitrogens with two attached hydrogens (primary N) is 1. The molecule has 1 aromatic rings. The van der Waals surface area contributed by atoms with E-state index in [0.29, 0.717) is 11.0 Å². The Hall–Kier alpha value is -0.790. The molecule has 1 saturated heterocycles. The molecule has 0 amide bonds. The molecule has 0 bridgehead atoms. The summed E-state index contributed by atoms with van der Waals surface area (Å²) >= 11 is 3.09. The van der Waals surface area contributed by atoms with Crippen LogP contribution in [0, 0.1) is 0 Å². The van der Waals surface area contributed by atoms with Crippen LogP contribution in [0.15, 0.2) is 22.7 Å². The number of alkyl halides is 3. The van der Waals surface area contributed by atoms with Crippen LogP contribution in [0.2, 0.25) is 0 Å². The monoisotopic (exact) mass is 338 g/mol. The van der Waals surface area contributed by atoms with Crippen molar-refractivity contribution >= 4 is 15.9 Å². The van der Waals surface area contributed by atoms with Gasteiger partial charge in [-0.2, -0.15) is 0 Å². The van der Waals surface area contributed by atoms with Crippen molar-refractivity contribution < 1.29 is 17.9 Å². The minimum atomic E-state index is -4.67. The Morgan fingerprint density at radius 1 is 1.42 bits per heavy atom. The number of hydrogen-bond donors (Lipinski definition) is 1. The molecule has 1 aliphatic rings. The van der Waals surface area contributed by atoms with E-state index in [1.165, 1.54) is 6.07 Å². The molecule has 1 fully saturated rings. The van der Waals surface area contributed by atoms with Crippen LogP contribution in [-0.4, -0.2) is 30.4 Å². The zero-order valence-electron chi connectivity index (χ0n) is 10.1. The number of likely N-dealkylation sites (tertiary alicyclic amines) is 1. The Bertz CT molecular complexity index is 453. The number of benzene rings is 1. The first kappa shape index (κ1) is 14.6. The minimum Gasteiger partial charge on any atom is -0.405 e. The van der Waals surface area contributed by atoms with Crippen molar-refractivity contribution in [1.29, 1.82) is 0 Å². The van der Waals surface area contributed by atoms with Crippen LogP contribution < -0.4 is 10.5 Å². The third-order valence-corrected chi connectivity index (χ3v) is 3.56. The average molecular weight is 339 g/mol. The van der Waals surface area contributed by atoms with Crippen LogP contribution in [0.3, 0.4) is 0 Å². The van der Waals surface area contributed by atoms with Crippen LogP contribution in [0.25, 0.3) is 0 Å². The number of halogens is 4. The van der Waals surface area contributed by atoms with Crippen molar-refractivity contribution in [3.63, 3.8) is 0 Å². The quantitative estimate of drug-likeness (QED) is 0.920. The highest BCUT2D eigenvalue weighted by Gasteiger charge is 2.32. The Morgan fingerprint density at radius 2 is 2.16 bits per heavy atom. The predicted octanol–water partition coefficient (Wildman–Crippen LogP) is 2.88. The highest BCUT2D eigenvalue weighted by atomic mass is 79.9. The lowest BCUT2D eigenvalue weighted by Crippen LogP contribution is -2.26. The maximum absolute atomic E-state index is 12.1. The minimum absolute atomic E-state index is 0.191. The number of hydrogen-bond acceptors (Lipinski definition) is 3. The molecule has 7 heteroatoms. The molecule has 1 atom stereocenters. The van der Waals surface area contributed by atoms with E-state index < -0.39 is 6.36 Å². The topological polar surface area (TPSA) is 38.5 Å². The van der Waals surface area contributed by atoms with Gasteiger partial charge in [0.1, 0.15) is 5.75 Å². The van der Waals surface area contributed by atoms with E-state index in [4.69, 9.17) is 5.73 Å². The van der Waals surface area contributed by atoms with Crippen LogP contribution in [-0.2, 0) is 6.54 Å². The summed E-state index contributed by atoms with van der Waals surface area (Å²) in [6.45, 7) is 2.41. The van der Waals surface area contributed by atoms with E-state index in [0.717, 1.165) is 25.1 Å². The molecule has 2 N–H and O–H groups in total. The summed E-state index contributed by atoms with van der Waals surface area (Å²) in [5, 5.41) is 0. The molecule has 1 heterocycles. The molecular weight excluding hydrogens is 325 g/mol. The SMILES string of the molecule is NC1CCN(Cc2ccc(OC(F)(F)F)c(Br)c2)C1. The van der Waals surface area contributed by atoms with E-state index in [2.05, 4.69) is 25.6 Å². The Balaban J connectivity index is 2.02. The standard InChI is InChI=1S/C12H14BrF3N2O/c13-10-5-8(6-18-4-3-9(17)7-18)1-2-11(10)19-12(14,15)16/h1-2,5,9H,3-4,6-7,17H2. The summed E-state index contributed by atoms with van der Waals surface area (Å²) in [7, 11) is 0. The van der Waals surface area contributed by atoms with Gasteiger partial charge < -0.3 is 10.5 Å². The normalized spacial score (nSPS) is 20.8. The molecule has 2 rings (SSSR count). The summed E-state index contributed by atoms with van der Waals surface area (Å²) in [5.41, 5.74) is 6.73. The van der Waals surface area contributed by atoms with Crippen molar-refractivity contribution in [2.45, 2.75) is 25.4 Å². The molecule has 0 radical (unpaired) electrons. The first-order valence-electron chi connectivity index (χ1n) is 5.85. The van der Waals surface area contributed by atoms with Crippen LogP contribution in [0.1, 0.15) is 12.0 Å². The summed E-state index contributed by atoms with van der Waals surface area (Å²) in [6, 6.07) is 4.79. The molecule has 1 unspecified atom stereocenters. The highest BCUT2D eigenvalue weighted by Crippen LogP contribution is 2.31. The van der Waals surface area contributed by atoms with E-state index in [-0.39, 0.29) is 11.8 Å². The van der Waals surface area contributed by atoms with Gasteiger partial charge in [0.25, 0.3) is 0 Å². The van der Waals surface area contributed by atoms with Gasteiger partial charge in [0, 0.05) is 25.7 Å². The molecule has 19 heavy (non-hydrogen) atoms. The van der Waals surface area contributed by atoms with Crippen molar-refractivity contribution in [2.75, 3.05) is 13.1 Å². The van der Waals surface area contributed by atoms with E-state index >= 15 is 0 Å². The Kier molecular flexibility index (Phi) is 4.37. The smallest absolute Gasteiger partial charge is 0.405 e. The zero-order chi connectivity index (χ0) is 14.0. The fraction of sp³-hybridized carbons (Fsp3) is 0.500.